The van der Waals surface area contributed by atoms with Crippen LogP contribution in [-0.4, -0.2) is 74.8 Å². The molecular weight excluding hydrogens is 618 g/mol. The fourth-order valence-corrected chi connectivity index (χ4v) is 5.13. The summed E-state index contributed by atoms with van der Waals surface area (Å²) in [5.41, 5.74) is 2.38. The molecule has 0 heterocycles. The summed E-state index contributed by atoms with van der Waals surface area (Å²) in [6.07, 6.45) is 1.19. The van der Waals surface area contributed by atoms with Crippen molar-refractivity contribution >= 4 is 29.8 Å². The van der Waals surface area contributed by atoms with Crippen LogP contribution in [0, 0.1) is 0 Å². The monoisotopic (exact) mass is 661 g/mol. The number of aryl methyl sites for hydroxylation is 1. The molecule has 12 heteroatoms. The van der Waals surface area contributed by atoms with Crippen molar-refractivity contribution in [2.75, 3.05) is 6.54 Å². The maximum Gasteiger partial charge on any atom is 0.356 e. The maximum atomic E-state index is 14.1. The summed E-state index contributed by atoms with van der Waals surface area (Å²) in [5, 5.41) is 33.8. The zero-order valence-electron chi connectivity index (χ0n) is 26.9. The maximum absolute atomic E-state index is 14.1. The fraction of sp³-hybridized carbons (Fsp3) is 0.361. The number of aliphatic carboxylic acids is 3. The summed E-state index contributed by atoms with van der Waals surface area (Å²) in [6.45, 7) is 2.56. The molecule has 0 aromatic heterocycles. The summed E-state index contributed by atoms with van der Waals surface area (Å²) in [4.78, 5) is 63.5. The van der Waals surface area contributed by atoms with Crippen LogP contribution in [0.15, 0.2) is 84.9 Å². The van der Waals surface area contributed by atoms with Crippen molar-refractivity contribution < 1.29 is 44.0 Å². The quantitative estimate of drug-likeness (QED) is 0.0859. The van der Waals surface area contributed by atoms with Gasteiger partial charge in [0.05, 0.1) is 6.42 Å². The van der Waals surface area contributed by atoms with E-state index in [-0.39, 0.29) is 25.1 Å². The van der Waals surface area contributed by atoms with Crippen LogP contribution >= 0.6 is 0 Å². The highest BCUT2D eigenvalue weighted by atomic mass is 16.5. The Hall–Kier alpha value is -5.39. The third-order valence-corrected chi connectivity index (χ3v) is 7.68. The minimum absolute atomic E-state index is 0.00196. The summed E-state index contributed by atoms with van der Waals surface area (Å²) in [5.74, 6) is -4.78. The van der Waals surface area contributed by atoms with Gasteiger partial charge in [0.15, 0.2) is 0 Å². The Morgan fingerprint density at radius 1 is 0.771 bits per heavy atom. The van der Waals surface area contributed by atoms with E-state index in [9.17, 15) is 29.1 Å². The lowest BCUT2D eigenvalue weighted by atomic mass is 10.0. The molecule has 2 atom stereocenters. The Labute approximate surface area is 279 Å². The Balaban J connectivity index is 1.87. The molecule has 12 nitrogen and oxygen atoms in total. The van der Waals surface area contributed by atoms with E-state index in [0.29, 0.717) is 24.9 Å². The van der Waals surface area contributed by atoms with Crippen molar-refractivity contribution in [3.63, 3.8) is 0 Å². The molecule has 0 saturated heterocycles. The van der Waals surface area contributed by atoms with Gasteiger partial charge in [0, 0.05) is 25.6 Å². The number of rotatable bonds is 20. The van der Waals surface area contributed by atoms with Crippen LogP contribution in [0.5, 0.6) is 5.75 Å². The Bertz CT molecular complexity index is 1470. The third kappa shape index (κ3) is 12.4. The van der Waals surface area contributed by atoms with Gasteiger partial charge in [0.2, 0.25) is 5.91 Å². The molecule has 0 aliphatic heterocycles. The molecule has 0 aliphatic rings. The minimum atomic E-state index is -2.09. The molecule has 48 heavy (non-hydrogen) atoms. The number of hydrogen-bond acceptors (Lipinski definition) is 6. The predicted octanol–water partition coefficient (Wildman–Crippen LogP) is 4.51. The minimum Gasteiger partial charge on any atom is -0.481 e. The molecule has 3 aromatic rings. The number of hydrogen-bond donors (Lipinski definition) is 5. The molecule has 3 amide bonds. The molecule has 0 radical (unpaired) electrons. The van der Waals surface area contributed by atoms with Crippen LogP contribution in [0.3, 0.4) is 0 Å². The van der Waals surface area contributed by atoms with Gasteiger partial charge in [-0.1, -0.05) is 92.6 Å². The number of unbranched alkanes of at least 4 members (excludes halogenated alkanes) is 2. The first-order valence-corrected chi connectivity index (χ1v) is 15.9. The normalized spacial score (nSPS) is 12.0. The van der Waals surface area contributed by atoms with Gasteiger partial charge in [0.1, 0.15) is 11.8 Å². The topological polar surface area (TPSA) is 183 Å². The Morgan fingerprint density at radius 3 is 1.94 bits per heavy atom. The number of urea groups is 1. The Kier molecular flexibility index (Phi) is 14.9. The number of nitrogens with one attached hydrogen (secondary N) is 2. The number of amides is 3. The van der Waals surface area contributed by atoms with Crippen molar-refractivity contribution in [3.05, 3.63) is 102 Å². The van der Waals surface area contributed by atoms with E-state index >= 15 is 0 Å². The summed E-state index contributed by atoms with van der Waals surface area (Å²) in [7, 11) is 0. The van der Waals surface area contributed by atoms with Gasteiger partial charge >= 0.3 is 23.9 Å². The van der Waals surface area contributed by atoms with Crippen LogP contribution in [0.2, 0.25) is 0 Å². The molecule has 0 spiro atoms. The number of nitrogens with zero attached hydrogens (tertiary/aromatic N) is 1. The van der Waals surface area contributed by atoms with Crippen molar-refractivity contribution in [3.8, 4) is 5.75 Å². The highest BCUT2D eigenvalue weighted by Gasteiger charge is 2.31. The Morgan fingerprint density at radius 2 is 1.38 bits per heavy atom. The highest BCUT2D eigenvalue weighted by molar-refractivity contribution is 5.96. The second-order valence-corrected chi connectivity index (χ2v) is 11.4. The lowest BCUT2D eigenvalue weighted by molar-refractivity contribution is -0.159. The van der Waals surface area contributed by atoms with Crippen molar-refractivity contribution in [1.82, 2.24) is 15.5 Å². The molecule has 3 rings (SSSR count). The van der Waals surface area contributed by atoms with Crippen molar-refractivity contribution in [1.29, 1.82) is 0 Å². The second-order valence-electron chi connectivity index (χ2n) is 11.4. The number of carbonyl (C=O) groups excluding carboxylic acids is 2. The first-order chi connectivity index (χ1) is 23.1. The van der Waals surface area contributed by atoms with E-state index in [1.807, 2.05) is 67.6 Å². The van der Waals surface area contributed by atoms with Crippen molar-refractivity contribution in [2.45, 2.75) is 76.6 Å². The van der Waals surface area contributed by atoms with E-state index in [2.05, 4.69) is 10.6 Å². The largest absolute Gasteiger partial charge is 0.481 e. The first kappa shape index (κ1) is 37.1. The predicted molar refractivity (Wildman–Crippen MR) is 177 cm³/mol. The molecular formula is C36H43N3O9. The van der Waals surface area contributed by atoms with Gasteiger partial charge in [-0.05, 0) is 48.1 Å². The van der Waals surface area contributed by atoms with Crippen LogP contribution in [0.1, 0.15) is 55.7 Å². The molecule has 0 fully saturated rings. The number of ether oxygens (including phenoxy) is 1. The fourth-order valence-electron chi connectivity index (χ4n) is 5.13. The second kappa shape index (κ2) is 19.3. The SMILES string of the molecule is CCCCCNC(=O)C(Cc1ccc(OC(C(=O)O)C(=O)O)cc1)NC(=O)N(Cc1ccccc1)C(CCc1ccccc1)CC(=O)O. The molecule has 0 saturated carbocycles. The zero-order chi connectivity index (χ0) is 34.9. The van der Waals surface area contributed by atoms with E-state index < -0.39 is 48.0 Å². The number of carbonyl (C=O) groups is 5. The molecule has 2 unspecified atom stereocenters. The van der Waals surface area contributed by atoms with Gasteiger partial charge in [-0.3, -0.25) is 9.59 Å². The van der Waals surface area contributed by atoms with Gasteiger partial charge in [0.25, 0.3) is 6.10 Å². The molecule has 5 N–H and O–H groups in total. The van der Waals surface area contributed by atoms with Crippen molar-refractivity contribution in [2.24, 2.45) is 0 Å². The van der Waals surface area contributed by atoms with Crippen LogP contribution in [0.25, 0.3) is 0 Å². The highest BCUT2D eigenvalue weighted by Crippen LogP contribution is 2.19. The standard InChI is InChI=1S/C36H43N3O9/c1-2-3-10-21-37-33(42)30(22-26-16-19-29(20-17-26)48-32(34(43)44)35(45)46)38-36(47)39(24-27-13-8-5-9-14-27)28(23-31(40)41)18-15-25-11-6-4-7-12-25/h4-9,11-14,16-17,19-20,28,30,32H,2-3,10,15,18,21-24H2,1H3,(H,37,42)(H,38,47)(H,40,41)(H,43,44)(H,45,46). The van der Waals surface area contributed by atoms with Gasteiger partial charge in [-0.15, -0.1) is 0 Å². The van der Waals surface area contributed by atoms with E-state index in [1.54, 1.807) is 12.1 Å². The average Bonchev–Trinajstić information content (AvgIpc) is 3.07. The molecule has 0 bridgehead atoms. The van der Waals surface area contributed by atoms with Crippen LogP contribution in [-0.2, 0) is 38.6 Å². The number of benzene rings is 3. The van der Waals surface area contributed by atoms with E-state index in [1.165, 1.54) is 17.0 Å². The van der Waals surface area contributed by atoms with Crippen LogP contribution in [0.4, 0.5) is 4.79 Å². The summed E-state index contributed by atoms with van der Waals surface area (Å²) in [6, 6.07) is 22.3. The molecule has 256 valence electrons. The lowest BCUT2D eigenvalue weighted by Gasteiger charge is -2.33. The third-order valence-electron chi connectivity index (χ3n) is 7.68. The lowest BCUT2D eigenvalue weighted by Crippen LogP contribution is -2.54. The number of carboxylic acids is 3. The number of carboxylic acid groups (broad SMARTS) is 3. The van der Waals surface area contributed by atoms with E-state index in [0.717, 1.165) is 30.4 Å². The first-order valence-electron chi connectivity index (χ1n) is 15.9. The average molecular weight is 662 g/mol. The van der Waals surface area contributed by atoms with Gasteiger partial charge in [-0.2, -0.15) is 0 Å². The molecule has 0 aliphatic carbocycles. The summed E-state index contributed by atoms with van der Waals surface area (Å²) >= 11 is 0. The smallest absolute Gasteiger partial charge is 0.356 e. The zero-order valence-corrected chi connectivity index (χ0v) is 26.9. The van der Waals surface area contributed by atoms with E-state index in [4.69, 9.17) is 14.9 Å². The van der Waals surface area contributed by atoms with Crippen LogP contribution < -0.4 is 15.4 Å². The van der Waals surface area contributed by atoms with Gasteiger partial charge in [-0.25, -0.2) is 14.4 Å². The summed E-state index contributed by atoms with van der Waals surface area (Å²) < 4.78 is 5.08. The van der Waals surface area contributed by atoms with Gasteiger partial charge < -0.3 is 35.6 Å². The molecule has 3 aromatic carbocycles.